The minimum Gasteiger partial charge on any atom is -0.396 e. The van der Waals surface area contributed by atoms with Crippen LogP contribution in [-0.2, 0) is 0 Å². The molecule has 0 radical (unpaired) electrons. The number of benzene rings is 1. The van der Waals surface area contributed by atoms with Gasteiger partial charge in [-0.2, -0.15) is 0 Å². The molecule has 1 aromatic carbocycles. The van der Waals surface area contributed by atoms with E-state index in [4.69, 9.17) is 5.73 Å². The Hall–Kier alpha value is -2.43. The van der Waals surface area contributed by atoms with Crippen LogP contribution in [0, 0.1) is 12.7 Å². The lowest BCUT2D eigenvalue weighted by Crippen LogP contribution is -1.97. The SMILES string of the molecule is Cc1ccc(N)c2nc(-c3ccccc3F)nn12. The summed E-state index contributed by atoms with van der Waals surface area (Å²) in [5.74, 6) is -0.00118. The number of hydrogen-bond donors (Lipinski definition) is 1. The highest BCUT2D eigenvalue weighted by Crippen LogP contribution is 2.22. The van der Waals surface area contributed by atoms with E-state index >= 15 is 0 Å². The maximum Gasteiger partial charge on any atom is 0.185 e. The average Bonchev–Trinajstić information content (AvgIpc) is 2.80. The number of nitrogens with zero attached hydrogens (tertiary/aromatic N) is 3. The number of anilines is 1. The summed E-state index contributed by atoms with van der Waals surface area (Å²) in [7, 11) is 0. The molecule has 0 saturated carbocycles. The molecule has 0 atom stereocenters. The lowest BCUT2D eigenvalue weighted by atomic mass is 10.2. The first-order chi connectivity index (χ1) is 8.66. The van der Waals surface area contributed by atoms with Gasteiger partial charge in [0.05, 0.1) is 11.3 Å². The Bertz CT molecular complexity index is 694. The zero-order valence-corrected chi connectivity index (χ0v) is 9.76. The highest BCUT2D eigenvalue weighted by atomic mass is 19.1. The van der Waals surface area contributed by atoms with Gasteiger partial charge in [0.15, 0.2) is 11.5 Å². The van der Waals surface area contributed by atoms with E-state index in [1.807, 2.05) is 13.0 Å². The molecule has 0 aliphatic rings. The Morgan fingerprint density at radius 2 is 1.94 bits per heavy atom. The number of aromatic nitrogens is 3. The molecule has 18 heavy (non-hydrogen) atoms. The molecular weight excluding hydrogens is 231 g/mol. The van der Waals surface area contributed by atoms with Crippen molar-refractivity contribution < 1.29 is 4.39 Å². The van der Waals surface area contributed by atoms with Gasteiger partial charge in [-0.05, 0) is 31.2 Å². The molecule has 3 rings (SSSR count). The predicted molar refractivity (Wildman–Crippen MR) is 67.5 cm³/mol. The normalized spacial score (nSPS) is 11.0. The fourth-order valence-corrected chi connectivity index (χ4v) is 1.86. The molecule has 0 bridgehead atoms. The van der Waals surface area contributed by atoms with Gasteiger partial charge in [0.1, 0.15) is 5.82 Å². The molecular formula is C13H11FN4. The molecule has 0 aliphatic carbocycles. The summed E-state index contributed by atoms with van der Waals surface area (Å²) in [5, 5.41) is 4.29. The number of nitrogen functional groups attached to an aromatic ring is 1. The molecule has 0 amide bonds. The van der Waals surface area contributed by atoms with Gasteiger partial charge in [0.25, 0.3) is 0 Å². The van der Waals surface area contributed by atoms with Crippen LogP contribution in [-0.4, -0.2) is 14.6 Å². The molecule has 0 aliphatic heterocycles. The van der Waals surface area contributed by atoms with Crippen molar-refractivity contribution in [3.8, 4) is 11.4 Å². The standard InChI is InChI=1S/C13H11FN4/c1-8-6-7-11(15)13-16-12(17-18(8)13)9-4-2-3-5-10(9)14/h2-7H,15H2,1H3. The predicted octanol–water partition coefficient (Wildman–Crippen LogP) is 2.43. The number of fused-ring (bicyclic) bond motifs is 1. The van der Waals surface area contributed by atoms with E-state index < -0.39 is 0 Å². The number of halogens is 1. The average molecular weight is 242 g/mol. The first kappa shape index (κ1) is 10.7. The van der Waals surface area contributed by atoms with Crippen LogP contribution in [0.15, 0.2) is 36.4 Å². The minimum absolute atomic E-state index is 0.342. The quantitative estimate of drug-likeness (QED) is 0.713. The number of pyridine rings is 1. The van der Waals surface area contributed by atoms with Gasteiger partial charge < -0.3 is 5.73 Å². The first-order valence-corrected chi connectivity index (χ1v) is 5.53. The minimum atomic E-state index is -0.343. The van der Waals surface area contributed by atoms with Crippen molar-refractivity contribution >= 4 is 11.3 Å². The van der Waals surface area contributed by atoms with E-state index in [-0.39, 0.29) is 5.82 Å². The highest BCUT2D eigenvalue weighted by Gasteiger charge is 2.12. The van der Waals surface area contributed by atoms with Gasteiger partial charge in [-0.3, -0.25) is 0 Å². The summed E-state index contributed by atoms with van der Waals surface area (Å²) in [4.78, 5) is 4.29. The number of rotatable bonds is 1. The number of nitrogens with two attached hydrogens (primary N) is 1. The van der Waals surface area contributed by atoms with Crippen molar-refractivity contribution in [1.82, 2.24) is 14.6 Å². The van der Waals surface area contributed by atoms with Crippen molar-refractivity contribution in [1.29, 1.82) is 0 Å². The van der Waals surface area contributed by atoms with Crippen molar-refractivity contribution in [2.75, 3.05) is 5.73 Å². The molecule has 5 heteroatoms. The van der Waals surface area contributed by atoms with Crippen molar-refractivity contribution in [2.45, 2.75) is 6.92 Å². The van der Waals surface area contributed by atoms with Crippen molar-refractivity contribution in [3.05, 3.63) is 47.9 Å². The van der Waals surface area contributed by atoms with E-state index in [1.54, 1.807) is 28.8 Å². The Morgan fingerprint density at radius 3 is 2.67 bits per heavy atom. The molecule has 2 N–H and O–H groups in total. The monoisotopic (exact) mass is 242 g/mol. The van der Waals surface area contributed by atoms with Crippen LogP contribution >= 0.6 is 0 Å². The molecule has 0 saturated heterocycles. The van der Waals surface area contributed by atoms with Crippen LogP contribution in [0.2, 0.25) is 0 Å². The van der Waals surface area contributed by atoms with Crippen LogP contribution in [0.3, 0.4) is 0 Å². The van der Waals surface area contributed by atoms with Gasteiger partial charge in [-0.1, -0.05) is 12.1 Å². The summed E-state index contributed by atoms with van der Waals surface area (Å²) in [6, 6.07) is 10.0. The largest absolute Gasteiger partial charge is 0.396 e. The Balaban J connectivity index is 2.29. The second-order valence-corrected chi connectivity index (χ2v) is 4.08. The summed E-state index contributed by atoms with van der Waals surface area (Å²) in [6.07, 6.45) is 0. The molecule has 3 aromatic rings. The third-order valence-electron chi connectivity index (χ3n) is 2.82. The topological polar surface area (TPSA) is 56.2 Å². The second kappa shape index (κ2) is 3.80. The Morgan fingerprint density at radius 1 is 1.17 bits per heavy atom. The summed E-state index contributed by atoms with van der Waals surface area (Å²) in [5.41, 5.74) is 8.18. The fraction of sp³-hybridized carbons (Fsp3) is 0.0769. The van der Waals surface area contributed by atoms with Crippen molar-refractivity contribution in [2.24, 2.45) is 0 Å². The number of hydrogen-bond acceptors (Lipinski definition) is 3. The van der Waals surface area contributed by atoms with Crippen LogP contribution in [0.5, 0.6) is 0 Å². The van der Waals surface area contributed by atoms with Crippen molar-refractivity contribution in [3.63, 3.8) is 0 Å². The maximum atomic E-state index is 13.7. The van der Waals surface area contributed by atoms with E-state index in [0.717, 1.165) is 5.69 Å². The first-order valence-electron chi connectivity index (χ1n) is 5.53. The molecule has 4 nitrogen and oxygen atoms in total. The molecule has 0 unspecified atom stereocenters. The van der Waals surface area contributed by atoms with Gasteiger partial charge in [0.2, 0.25) is 0 Å². The van der Waals surface area contributed by atoms with E-state index in [2.05, 4.69) is 10.1 Å². The van der Waals surface area contributed by atoms with Gasteiger partial charge >= 0.3 is 0 Å². The Kier molecular flexibility index (Phi) is 2.26. The summed E-state index contributed by atoms with van der Waals surface area (Å²) < 4.78 is 15.3. The van der Waals surface area contributed by atoms with Gasteiger partial charge in [0, 0.05) is 5.69 Å². The zero-order valence-electron chi connectivity index (χ0n) is 9.76. The van der Waals surface area contributed by atoms with Gasteiger partial charge in [-0.25, -0.2) is 13.9 Å². The smallest absolute Gasteiger partial charge is 0.185 e. The highest BCUT2D eigenvalue weighted by molar-refractivity contribution is 5.68. The maximum absolute atomic E-state index is 13.7. The second-order valence-electron chi connectivity index (χ2n) is 4.08. The van der Waals surface area contributed by atoms with Crippen LogP contribution in [0.4, 0.5) is 10.1 Å². The summed E-state index contributed by atoms with van der Waals surface area (Å²) in [6.45, 7) is 1.90. The fourth-order valence-electron chi connectivity index (χ4n) is 1.86. The zero-order chi connectivity index (χ0) is 12.7. The third kappa shape index (κ3) is 1.52. The number of aryl methyl sites for hydroxylation is 1. The van der Waals surface area contributed by atoms with E-state index in [0.29, 0.717) is 22.7 Å². The van der Waals surface area contributed by atoms with E-state index in [1.165, 1.54) is 6.07 Å². The lowest BCUT2D eigenvalue weighted by molar-refractivity contribution is 0.630. The molecule has 90 valence electrons. The molecule has 2 heterocycles. The van der Waals surface area contributed by atoms with Crippen LogP contribution in [0.25, 0.3) is 17.0 Å². The van der Waals surface area contributed by atoms with Crippen LogP contribution in [0.1, 0.15) is 5.69 Å². The van der Waals surface area contributed by atoms with Crippen LogP contribution < -0.4 is 5.73 Å². The summed E-state index contributed by atoms with van der Waals surface area (Å²) >= 11 is 0. The third-order valence-corrected chi connectivity index (χ3v) is 2.82. The molecule has 0 spiro atoms. The Labute approximate surface area is 103 Å². The van der Waals surface area contributed by atoms with E-state index in [9.17, 15) is 4.39 Å². The van der Waals surface area contributed by atoms with Gasteiger partial charge in [-0.15, -0.1) is 5.10 Å². The lowest BCUT2D eigenvalue weighted by Gasteiger charge is -1.98. The molecule has 2 aromatic heterocycles. The molecule has 0 fully saturated rings.